The summed E-state index contributed by atoms with van der Waals surface area (Å²) in [7, 11) is 1.55. The van der Waals surface area contributed by atoms with Crippen LogP contribution in [0.4, 0.5) is 32.2 Å². The average Bonchev–Trinajstić information content (AvgIpc) is 3.02. The number of ether oxygens (including phenoxy) is 2. The summed E-state index contributed by atoms with van der Waals surface area (Å²) in [6.07, 6.45) is -8.44. The van der Waals surface area contributed by atoms with Crippen molar-refractivity contribution in [1.29, 1.82) is 0 Å². The first-order chi connectivity index (χ1) is 22.5. The quantitative estimate of drug-likeness (QED) is 0.113. The Morgan fingerprint density at radius 1 is 0.875 bits per heavy atom. The highest BCUT2D eigenvalue weighted by Crippen LogP contribution is 2.39. The molecule has 0 saturated heterocycles. The summed E-state index contributed by atoms with van der Waals surface area (Å²) >= 11 is 0. The largest absolute Gasteiger partial charge is 0.496 e. The second-order valence-electron chi connectivity index (χ2n) is 11.7. The standard InChI is InChI=1S/C36H36F6N2O4/c1-22(2)25-8-11-32(47-4)31(17-25)30-10-7-23(3)14-26(30)21-44(33-12-9-29(19-43-33)48-13-5-6-34(45)46)20-24-15-27(35(37,38)39)18-28(16-24)36(40,41)42/h7-12,14-19,22H,5-6,13,20-21H2,1-4H3,(H,45,46). The van der Waals surface area contributed by atoms with Crippen LogP contribution in [0.2, 0.25) is 0 Å². The minimum Gasteiger partial charge on any atom is -0.496 e. The van der Waals surface area contributed by atoms with E-state index in [4.69, 9.17) is 14.6 Å². The highest BCUT2D eigenvalue weighted by molar-refractivity contribution is 5.75. The fourth-order valence-corrected chi connectivity index (χ4v) is 5.22. The number of hydrogen-bond acceptors (Lipinski definition) is 5. The molecule has 0 amide bonds. The third-order valence-corrected chi connectivity index (χ3v) is 7.67. The summed E-state index contributed by atoms with van der Waals surface area (Å²) in [5.41, 5.74) is 1.24. The van der Waals surface area contributed by atoms with Gasteiger partial charge in [-0.2, -0.15) is 26.3 Å². The van der Waals surface area contributed by atoms with Gasteiger partial charge in [0.25, 0.3) is 0 Å². The van der Waals surface area contributed by atoms with Gasteiger partial charge in [-0.3, -0.25) is 4.79 Å². The molecule has 0 aliphatic carbocycles. The molecule has 0 spiro atoms. The van der Waals surface area contributed by atoms with Gasteiger partial charge in [-0.15, -0.1) is 0 Å². The molecule has 256 valence electrons. The smallest absolute Gasteiger partial charge is 0.416 e. The third kappa shape index (κ3) is 9.42. The van der Waals surface area contributed by atoms with Crippen molar-refractivity contribution in [2.75, 3.05) is 18.6 Å². The molecule has 12 heteroatoms. The Hall–Kier alpha value is -4.74. The summed E-state index contributed by atoms with van der Waals surface area (Å²) in [4.78, 5) is 16.8. The SMILES string of the molecule is COc1ccc(C(C)C)cc1-c1ccc(C)cc1CN(Cc1cc(C(F)(F)F)cc(C(F)(F)F)c1)c1ccc(OCCCC(=O)O)cn1. The van der Waals surface area contributed by atoms with Crippen LogP contribution in [0.15, 0.2) is 72.9 Å². The molecule has 48 heavy (non-hydrogen) atoms. The molecule has 0 saturated carbocycles. The number of halogens is 6. The number of alkyl halides is 6. The topological polar surface area (TPSA) is 71.9 Å². The van der Waals surface area contributed by atoms with E-state index in [0.29, 0.717) is 23.6 Å². The summed E-state index contributed by atoms with van der Waals surface area (Å²) in [5.74, 6) is 0.447. The first-order valence-electron chi connectivity index (χ1n) is 15.2. The maximum absolute atomic E-state index is 13.8. The van der Waals surface area contributed by atoms with Gasteiger partial charge in [-0.25, -0.2) is 4.98 Å². The van der Waals surface area contributed by atoms with Crippen molar-refractivity contribution in [2.45, 2.75) is 65.0 Å². The van der Waals surface area contributed by atoms with Gasteiger partial charge in [-0.1, -0.05) is 43.7 Å². The number of carbonyl (C=O) groups is 1. The molecule has 0 unspecified atom stereocenters. The van der Waals surface area contributed by atoms with Gasteiger partial charge in [0, 0.05) is 25.1 Å². The fraction of sp³-hybridized carbons (Fsp3) is 0.333. The normalized spacial score (nSPS) is 11.9. The zero-order chi connectivity index (χ0) is 35.2. The van der Waals surface area contributed by atoms with Crippen LogP contribution in [0.1, 0.15) is 66.0 Å². The van der Waals surface area contributed by atoms with Crippen LogP contribution < -0.4 is 14.4 Å². The fourth-order valence-electron chi connectivity index (χ4n) is 5.22. The first kappa shape index (κ1) is 36.1. The van der Waals surface area contributed by atoms with Gasteiger partial charge in [0.2, 0.25) is 0 Å². The molecule has 1 N–H and O–H groups in total. The van der Waals surface area contributed by atoms with E-state index in [1.54, 1.807) is 24.1 Å². The van der Waals surface area contributed by atoms with E-state index in [1.807, 2.05) is 43.3 Å². The monoisotopic (exact) mass is 674 g/mol. The number of carboxylic acid groups (broad SMARTS) is 1. The molecule has 0 fully saturated rings. The van der Waals surface area contributed by atoms with Crippen LogP contribution in [-0.4, -0.2) is 29.8 Å². The minimum atomic E-state index is -5.00. The van der Waals surface area contributed by atoms with E-state index in [9.17, 15) is 31.1 Å². The van der Waals surface area contributed by atoms with E-state index >= 15 is 0 Å². The number of pyridine rings is 1. The summed E-state index contributed by atoms with van der Waals surface area (Å²) in [5, 5.41) is 8.84. The number of benzene rings is 3. The Morgan fingerprint density at radius 3 is 2.12 bits per heavy atom. The second kappa shape index (κ2) is 15.0. The molecule has 0 aliphatic rings. The van der Waals surface area contributed by atoms with E-state index in [0.717, 1.165) is 27.8 Å². The molecular weight excluding hydrogens is 638 g/mol. The Balaban J connectivity index is 1.80. The zero-order valence-corrected chi connectivity index (χ0v) is 26.9. The van der Waals surface area contributed by atoms with Gasteiger partial charge >= 0.3 is 18.3 Å². The van der Waals surface area contributed by atoms with Crippen molar-refractivity contribution in [3.05, 3.63) is 106 Å². The summed E-state index contributed by atoms with van der Waals surface area (Å²) in [6, 6.07) is 16.3. The summed E-state index contributed by atoms with van der Waals surface area (Å²) in [6.45, 7) is 5.84. The Labute approximate surface area is 275 Å². The van der Waals surface area contributed by atoms with Gasteiger partial charge in [0.05, 0.1) is 31.0 Å². The maximum Gasteiger partial charge on any atom is 0.416 e. The molecule has 1 aromatic heterocycles. The highest BCUT2D eigenvalue weighted by Gasteiger charge is 2.37. The lowest BCUT2D eigenvalue weighted by Crippen LogP contribution is -2.24. The van der Waals surface area contributed by atoms with Crippen molar-refractivity contribution < 1.29 is 45.7 Å². The number of aryl methyl sites for hydroxylation is 1. The van der Waals surface area contributed by atoms with E-state index in [1.165, 1.54) is 6.20 Å². The second-order valence-corrected chi connectivity index (χ2v) is 11.7. The number of aromatic nitrogens is 1. The minimum absolute atomic E-state index is 0.0650. The van der Waals surface area contributed by atoms with E-state index in [-0.39, 0.29) is 55.9 Å². The number of hydrogen-bond donors (Lipinski definition) is 1. The maximum atomic E-state index is 13.8. The Kier molecular flexibility index (Phi) is 11.3. The molecule has 0 aliphatic heterocycles. The molecule has 3 aromatic carbocycles. The average molecular weight is 675 g/mol. The van der Waals surface area contributed by atoms with Crippen molar-refractivity contribution >= 4 is 11.8 Å². The molecule has 0 atom stereocenters. The number of nitrogens with zero attached hydrogens (tertiary/aromatic N) is 2. The predicted molar refractivity (Wildman–Crippen MR) is 170 cm³/mol. The molecule has 4 rings (SSSR count). The molecule has 1 heterocycles. The number of rotatable bonds is 13. The Bertz CT molecular complexity index is 1690. The first-order valence-corrected chi connectivity index (χ1v) is 15.2. The molecule has 4 aromatic rings. The van der Waals surface area contributed by atoms with Crippen molar-refractivity contribution in [3.8, 4) is 22.6 Å². The lowest BCUT2D eigenvalue weighted by molar-refractivity contribution is -0.143. The van der Waals surface area contributed by atoms with E-state index in [2.05, 4.69) is 18.8 Å². The Morgan fingerprint density at radius 2 is 1.56 bits per heavy atom. The van der Waals surface area contributed by atoms with E-state index < -0.39 is 29.4 Å². The zero-order valence-electron chi connectivity index (χ0n) is 26.9. The van der Waals surface area contributed by atoms with Crippen LogP contribution in [0.25, 0.3) is 11.1 Å². The lowest BCUT2D eigenvalue weighted by Gasteiger charge is -2.27. The lowest BCUT2D eigenvalue weighted by atomic mass is 9.92. The van der Waals surface area contributed by atoms with Crippen molar-refractivity contribution in [1.82, 2.24) is 4.98 Å². The van der Waals surface area contributed by atoms with Gasteiger partial charge in [-0.05, 0) is 84.0 Å². The van der Waals surface area contributed by atoms with Crippen LogP contribution in [-0.2, 0) is 30.2 Å². The van der Waals surface area contributed by atoms with Crippen LogP contribution in [0.3, 0.4) is 0 Å². The number of carboxylic acids is 1. The molecule has 0 bridgehead atoms. The van der Waals surface area contributed by atoms with Gasteiger partial charge < -0.3 is 19.5 Å². The number of anilines is 1. The van der Waals surface area contributed by atoms with Crippen molar-refractivity contribution in [3.63, 3.8) is 0 Å². The number of methoxy groups -OCH3 is 1. The molecule has 6 nitrogen and oxygen atoms in total. The van der Waals surface area contributed by atoms with Crippen LogP contribution in [0, 0.1) is 6.92 Å². The highest BCUT2D eigenvalue weighted by atomic mass is 19.4. The predicted octanol–water partition coefficient (Wildman–Crippen LogP) is 9.68. The summed E-state index contributed by atoms with van der Waals surface area (Å²) < 4.78 is 93.8. The van der Waals surface area contributed by atoms with Crippen LogP contribution in [0.5, 0.6) is 11.5 Å². The van der Waals surface area contributed by atoms with Crippen LogP contribution >= 0.6 is 0 Å². The van der Waals surface area contributed by atoms with Crippen molar-refractivity contribution in [2.24, 2.45) is 0 Å². The van der Waals surface area contributed by atoms with Gasteiger partial charge in [0.15, 0.2) is 0 Å². The van der Waals surface area contributed by atoms with Gasteiger partial charge in [0.1, 0.15) is 17.3 Å². The molecular formula is C36H36F6N2O4. The number of aliphatic carboxylic acids is 1. The molecule has 0 radical (unpaired) electrons. The third-order valence-electron chi connectivity index (χ3n) is 7.67.